The number of benzene rings is 2. The molecule has 5 heteroatoms. The molecule has 0 atom stereocenters. The molecule has 114 valence electrons. The number of phenols is 1. The predicted octanol–water partition coefficient (Wildman–Crippen LogP) is 2.87. The van der Waals surface area contributed by atoms with Gasteiger partial charge in [-0.3, -0.25) is 9.59 Å². The topological polar surface area (TPSA) is 72.8 Å². The van der Waals surface area contributed by atoms with Gasteiger partial charge in [-0.1, -0.05) is 30.3 Å². The minimum Gasteiger partial charge on any atom is -0.507 e. The van der Waals surface area contributed by atoms with Gasteiger partial charge in [0.2, 0.25) is 0 Å². The van der Waals surface area contributed by atoms with E-state index in [1.807, 2.05) is 0 Å². The average Bonchev–Trinajstić information content (AvgIpc) is 2.54. The Morgan fingerprint density at radius 3 is 2.27 bits per heavy atom. The lowest BCUT2D eigenvalue weighted by Gasteiger charge is -2.11. The molecule has 0 spiro atoms. The summed E-state index contributed by atoms with van der Waals surface area (Å²) in [5.41, 5.74) is 0.426. The molecular weight excluding hydrogens is 284 g/mol. The van der Waals surface area contributed by atoms with Crippen molar-refractivity contribution < 1.29 is 24.2 Å². The summed E-state index contributed by atoms with van der Waals surface area (Å²) in [6.07, 6.45) is -0.347. The Morgan fingerprint density at radius 1 is 1.00 bits per heavy atom. The van der Waals surface area contributed by atoms with Crippen LogP contribution < -0.4 is 9.47 Å². The zero-order chi connectivity index (χ0) is 16.1. The molecule has 0 aliphatic heterocycles. The Bertz CT molecular complexity index is 692. The third-order valence-corrected chi connectivity index (χ3v) is 3.21. The monoisotopic (exact) mass is 300 g/mol. The number of phenolic OH excluding ortho intramolecular Hbond substituents is 1. The normalized spacial score (nSPS) is 10.1. The Balaban J connectivity index is 2.28. The first-order valence-corrected chi connectivity index (χ1v) is 6.63. The second-order valence-corrected chi connectivity index (χ2v) is 4.61. The highest BCUT2D eigenvalue weighted by molar-refractivity contribution is 6.15. The van der Waals surface area contributed by atoms with Gasteiger partial charge in [0.1, 0.15) is 22.8 Å². The fourth-order valence-corrected chi connectivity index (χ4v) is 2.10. The van der Waals surface area contributed by atoms with Crippen molar-refractivity contribution in [2.24, 2.45) is 0 Å². The van der Waals surface area contributed by atoms with E-state index in [0.29, 0.717) is 11.3 Å². The maximum atomic E-state index is 12.3. The molecule has 0 heterocycles. The molecule has 2 aromatic rings. The number of carbonyl (C=O) groups is 2. The minimum atomic E-state index is -0.508. The van der Waals surface area contributed by atoms with Crippen molar-refractivity contribution in [1.82, 2.24) is 0 Å². The molecule has 2 aromatic carbocycles. The zero-order valence-electron chi connectivity index (χ0n) is 12.3. The van der Waals surface area contributed by atoms with Crippen LogP contribution in [0.3, 0.4) is 0 Å². The van der Waals surface area contributed by atoms with Gasteiger partial charge < -0.3 is 14.6 Å². The Morgan fingerprint density at radius 2 is 1.68 bits per heavy atom. The lowest BCUT2D eigenvalue weighted by Crippen LogP contribution is -2.10. The van der Waals surface area contributed by atoms with E-state index in [0.717, 1.165) is 0 Å². The molecule has 1 N–H and O–H groups in total. The number of ether oxygens (including phenoxy) is 2. The summed E-state index contributed by atoms with van der Waals surface area (Å²) in [5, 5.41) is 10.00. The molecule has 0 fully saturated rings. The quantitative estimate of drug-likeness (QED) is 0.656. The van der Waals surface area contributed by atoms with Crippen LogP contribution in [0.4, 0.5) is 0 Å². The van der Waals surface area contributed by atoms with Crippen molar-refractivity contribution in [3.8, 4) is 17.2 Å². The highest BCUT2D eigenvalue weighted by Gasteiger charge is 2.22. The molecule has 0 bridgehead atoms. The van der Waals surface area contributed by atoms with Crippen molar-refractivity contribution in [3.63, 3.8) is 0 Å². The Kier molecular flexibility index (Phi) is 4.78. The SMILES string of the molecule is COc1cc(O)c(C(=O)CC(=O)c2ccccc2)c(OC)c1. The van der Waals surface area contributed by atoms with Crippen LogP contribution in [0.1, 0.15) is 27.1 Å². The summed E-state index contributed by atoms with van der Waals surface area (Å²) >= 11 is 0. The predicted molar refractivity (Wildman–Crippen MR) is 80.9 cm³/mol. The van der Waals surface area contributed by atoms with Crippen LogP contribution in [-0.4, -0.2) is 30.9 Å². The van der Waals surface area contributed by atoms with E-state index in [-0.39, 0.29) is 29.3 Å². The van der Waals surface area contributed by atoms with E-state index in [2.05, 4.69) is 0 Å². The van der Waals surface area contributed by atoms with E-state index in [9.17, 15) is 14.7 Å². The van der Waals surface area contributed by atoms with E-state index in [1.165, 1.54) is 26.4 Å². The summed E-state index contributed by atoms with van der Waals surface area (Å²) in [4.78, 5) is 24.4. The molecule has 2 rings (SSSR count). The molecule has 22 heavy (non-hydrogen) atoms. The number of Topliss-reactive ketones (excluding diaryl/α,β-unsaturated/α-hetero) is 2. The first-order valence-electron chi connectivity index (χ1n) is 6.63. The van der Waals surface area contributed by atoms with Gasteiger partial charge in [-0.15, -0.1) is 0 Å². The summed E-state index contributed by atoms with van der Waals surface area (Å²) in [7, 11) is 2.82. The van der Waals surface area contributed by atoms with Crippen molar-refractivity contribution >= 4 is 11.6 Å². The number of hydrogen-bond acceptors (Lipinski definition) is 5. The summed E-state index contributed by atoms with van der Waals surface area (Å²) < 4.78 is 10.1. The molecule has 0 amide bonds. The van der Waals surface area contributed by atoms with Crippen LogP contribution >= 0.6 is 0 Å². The van der Waals surface area contributed by atoms with Crippen molar-refractivity contribution in [1.29, 1.82) is 0 Å². The molecule has 0 aromatic heterocycles. The van der Waals surface area contributed by atoms with Crippen LogP contribution in [0.25, 0.3) is 0 Å². The second-order valence-electron chi connectivity index (χ2n) is 4.61. The van der Waals surface area contributed by atoms with Gasteiger partial charge in [0, 0.05) is 17.7 Å². The number of ketones is 2. The summed E-state index contributed by atoms with van der Waals surface area (Å²) in [6.45, 7) is 0. The van der Waals surface area contributed by atoms with E-state index >= 15 is 0 Å². The largest absolute Gasteiger partial charge is 0.507 e. The summed E-state index contributed by atoms with van der Waals surface area (Å²) in [6, 6.07) is 11.3. The van der Waals surface area contributed by atoms with Crippen LogP contribution in [0.5, 0.6) is 17.2 Å². The van der Waals surface area contributed by atoms with Gasteiger partial charge in [-0.25, -0.2) is 0 Å². The van der Waals surface area contributed by atoms with E-state index in [4.69, 9.17) is 9.47 Å². The lowest BCUT2D eigenvalue weighted by atomic mass is 10.00. The molecule has 0 unspecified atom stereocenters. The lowest BCUT2D eigenvalue weighted by molar-refractivity contribution is 0.0891. The maximum Gasteiger partial charge on any atom is 0.178 e. The van der Waals surface area contributed by atoms with Crippen molar-refractivity contribution in [2.75, 3.05) is 14.2 Å². The first kappa shape index (κ1) is 15.6. The standard InChI is InChI=1S/C17H16O5/c1-21-12-8-14(19)17(16(9-12)22-2)15(20)10-13(18)11-6-4-3-5-7-11/h3-9,19H,10H2,1-2H3. The minimum absolute atomic E-state index is 0.0208. The van der Waals surface area contributed by atoms with Gasteiger partial charge in [-0.05, 0) is 0 Å². The van der Waals surface area contributed by atoms with Gasteiger partial charge in [0.25, 0.3) is 0 Å². The van der Waals surface area contributed by atoms with Crippen molar-refractivity contribution in [2.45, 2.75) is 6.42 Å². The maximum absolute atomic E-state index is 12.3. The Labute approximate surface area is 128 Å². The van der Waals surface area contributed by atoms with Gasteiger partial charge in [-0.2, -0.15) is 0 Å². The molecule has 5 nitrogen and oxygen atoms in total. The first-order chi connectivity index (χ1) is 10.6. The summed E-state index contributed by atoms with van der Waals surface area (Å²) in [5.74, 6) is -0.571. The number of rotatable bonds is 6. The highest BCUT2D eigenvalue weighted by atomic mass is 16.5. The van der Waals surface area contributed by atoms with E-state index in [1.54, 1.807) is 30.3 Å². The number of hydrogen-bond donors (Lipinski definition) is 1. The van der Waals surface area contributed by atoms with Crippen LogP contribution in [0.15, 0.2) is 42.5 Å². The number of carbonyl (C=O) groups excluding carboxylic acids is 2. The molecule has 0 saturated heterocycles. The highest BCUT2D eigenvalue weighted by Crippen LogP contribution is 2.34. The Hall–Kier alpha value is -2.82. The molecule has 0 radical (unpaired) electrons. The molecule has 0 saturated carbocycles. The van der Waals surface area contributed by atoms with Crippen LogP contribution in [-0.2, 0) is 0 Å². The molecular formula is C17H16O5. The van der Waals surface area contributed by atoms with Gasteiger partial charge in [0.05, 0.1) is 20.6 Å². The van der Waals surface area contributed by atoms with Gasteiger partial charge in [0.15, 0.2) is 11.6 Å². The fourth-order valence-electron chi connectivity index (χ4n) is 2.10. The second kappa shape index (κ2) is 6.76. The zero-order valence-corrected chi connectivity index (χ0v) is 12.3. The van der Waals surface area contributed by atoms with Crippen LogP contribution in [0, 0.1) is 0 Å². The average molecular weight is 300 g/mol. The number of methoxy groups -OCH3 is 2. The third kappa shape index (κ3) is 3.25. The van der Waals surface area contributed by atoms with Crippen LogP contribution in [0.2, 0.25) is 0 Å². The smallest absolute Gasteiger partial charge is 0.178 e. The third-order valence-electron chi connectivity index (χ3n) is 3.21. The molecule has 0 aliphatic carbocycles. The number of aromatic hydroxyl groups is 1. The van der Waals surface area contributed by atoms with Gasteiger partial charge >= 0.3 is 0 Å². The fraction of sp³-hybridized carbons (Fsp3) is 0.176. The van der Waals surface area contributed by atoms with Crippen molar-refractivity contribution in [3.05, 3.63) is 53.6 Å². The molecule has 0 aliphatic rings. The van der Waals surface area contributed by atoms with E-state index < -0.39 is 5.78 Å².